The molecule has 2 aliphatic rings. The standard InChI is InChI=1S/C24H29N3O5/c1-2-26-10-12-27(13-11-26)20-7-5-19(6-8-20)25-23(28)17-32-24(29)18-4-9-21-22(16-18)31-15-3-14-30-21/h4-9,16H,2-3,10-15,17H2,1H3,(H,25,28). The van der Waals surface area contributed by atoms with Crippen molar-refractivity contribution in [3.8, 4) is 11.5 Å². The number of anilines is 2. The number of nitrogens with zero attached hydrogens (tertiary/aromatic N) is 2. The van der Waals surface area contributed by atoms with Crippen LogP contribution in [0.5, 0.6) is 11.5 Å². The van der Waals surface area contributed by atoms with Crippen molar-refractivity contribution in [2.24, 2.45) is 0 Å². The first-order chi connectivity index (χ1) is 15.6. The molecule has 0 spiro atoms. The number of amides is 1. The van der Waals surface area contributed by atoms with Crippen LogP contribution in [0.15, 0.2) is 42.5 Å². The highest BCUT2D eigenvalue weighted by Crippen LogP contribution is 2.30. The van der Waals surface area contributed by atoms with Crippen LogP contribution in [-0.2, 0) is 9.53 Å². The van der Waals surface area contributed by atoms with Gasteiger partial charge in [-0.15, -0.1) is 0 Å². The van der Waals surface area contributed by atoms with E-state index in [4.69, 9.17) is 14.2 Å². The first-order valence-electron chi connectivity index (χ1n) is 11.1. The molecule has 8 heteroatoms. The van der Waals surface area contributed by atoms with E-state index in [2.05, 4.69) is 22.0 Å². The summed E-state index contributed by atoms with van der Waals surface area (Å²) in [6.45, 7) is 8.11. The van der Waals surface area contributed by atoms with E-state index in [9.17, 15) is 9.59 Å². The summed E-state index contributed by atoms with van der Waals surface area (Å²) in [5, 5.41) is 2.77. The second-order valence-electron chi connectivity index (χ2n) is 7.80. The second-order valence-corrected chi connectivity index (χ2v) is 7.80. The Kier molecular flexibility index (Phi) is 7.11. The van der Waals surface area contributed by atoms with E-state index in [0.29, 0.717) is 36.0 Å². The van der Waals surface area contributed by atoms with E-state index in [1.807, 2.05) is 24.3 Å². The van der Waals surface area contributed by atoms with Crippen molar-refractivity contribution in [1.82, 2.24) is 4.90 Å². The van der Waals surface area contributed by atoms with Gasteiger partial charge in [0, 0.05) is 44.0 Å². The van der Waals surface area contributed by atoms with Crippen molar-refractivity contribution in [3.05, 3.63) is 48.0 Å². The molecule has 32 heavy (non-hydrogen) atoms. The van der Waals surface area contributed by atoms with Crippen LogP contribution in [0, 0.1) is 0 Å². The van der Waals surface area contributed by atoms with Gasteiger partial charge in [0.05, 0.1) is 18.8 Å². The largest absolute Gasteiger partial charge is 0.490 e. The molecule has 2 aromatic carbocycles. The Morgan fingerprint density at radius 1 is 0.969 bits per heavy atom. The van der Waals surface area contributed by atoms with Crippen molar-refractivity contribution >= 4 is 23.3 Å². The van der Waals surface area contributed by atoms with Gasteiger partial charge >= 0.3 is 5.97 Å². The van der Waals surface area contributed by atoms with E-state index in [0.717, 1.165) is 44.8 Å². The third kappa shape index (κ3) is 5.50. The number of fused-ring (bicyclic) bond motifs is 1. The van der Waals surface area contributed by atoms with Crippen molar-refractivity contribution in [2.75, 3.05) is 62.8 Å². The molecule has 0 atom stereocenters. The maximum Gasteiger partial charge on any atom is 0.338 e. The fourth-order valence-corrected chi connectivity index (χ4v) is 3.78. The van der Waals surface area contributed by atoms with Gasteiger partial charge in [0.1, 0.15) is 0 Å². The molecule has 2 heterocycles. The van der Waals surface area contributed by atoms with Crippen molar-refractivity contribution in [2.45, 2.75) is 13.3 Å². The highest BCUT2D eigenvalue weighted by atomic mass is 16.5. The van der Waals surface area contributed by atoms with Gasteiger partial charge in [-0.05, 0) is 49.0 Å². The van der Waals surface area contributed by atoms with Gasteiger partial charge in [-0.2, -0.15) is 0 Å². The summed E-state index contributed by atoms with van der Waals surface area (Å²) in [4.78, 5) is 29.3. The van der Waals surface area contributed by atoms with E-state index < -0.39 is 11.9 Å². The van der Waals surface area contributed by atoms with Crippen LogP contribution in [0.4, 0.5) is 11.4 Å². The molecular formula is C24H29N3O5. The van der Waals surface area contributed by atoms with Gasteiger partial charge < -0.3 is 29.3 Å². The molecule has 2 aromatic rings. The lowest BCUT2D eigenvalue weighted by molar-refractivity contribution is -0.119. The molecule has 0 aromatic heterocycles. The van der Waals surface area contributed by atoms with Gasteiger partial charge in [0.2, 0.25) is 0 Å². The van der Waals surface area contributed by atoms with Crippen LogP contribution in [0.25, 0.3) is 0 Å². The summed E-state index contributed by atoms with van der Waals surface area (Å²) in [7, 11) is 0. The Morgan fingerprint density at radius 3 is 2.41 bits per heavy atom. The zero-order chi connectivity index (χ0) is 22.3. The SMILES string of the molecule is CCN1CCN(c2ccc(NC(=O)COC(=O)c3ccc4c(c3)OCCCO4)cc2)CC1. The monoisotopic (exact) mass is 439 g/mol. The van der Waals surface area contributed by atoms with E-state index in [1.54, 1.807) is 18.2 Å². The zero-order valence-corrected chi connectivity index (χ0v) is 18.3. The summed E-state index contributed by atoms with van der Waals surface area (Å²) in [5.41, 5.74) is 2.12. The van der Waals surface area contributed by atoms with Gasteiger partial charge in [0.25, 0.3) is 5.91 Å². The highest BCUT2D eigenvalue weighted by Gasteiger charge is 2.17. The molecule has 1 amide bonds. The average Bonchev–Trinajstić information content (AvgIpc) is 3.08. The van der Waals surface area contributed by atoms with Crippen LogP contribution in [0.3, 0.4) is 0 Å². The van der Waals surface area contributed by atoms with Crippen LogP contribution < -0.4 is 19.7 Å². The van der Waals surface area contributed by atoms with Crippen molar-refractivity contribution < 1.29 is 23.8 Å². The minimum Gasteiger partial charge on any atom is -0.490 e. The first kappa shape index (κ1) is 22.0. The summed E-state index contributed by atoms with van der Waals surface area (Å²) in [6, 6.07) is 12.6. The molecule has 170 valence electrons. The number of rotatable bonds is 6. The van der Waals surface area contributed by atoms with Gasteiger partial charge in [-0.1, -0.05) is 6.92 Å². The molecule has 1 N–H and O–H groups in total. The number of esters is 1. The summed E-state index contributed by atoms with van der Waals surface area (Å²) in [5.74, 6) is 0.138. The molecular weight excluding hydrogens is 410 g/mol. The third-order valence-corrected chi connectivity index (χ3v) is 5.65. The van der Waals surface area contributed by atoms with E-state index in [-0.39, 0.29) is 6.61 Å². The minimum atomic E-state index is -0.586. The van der Waals surface area contributed by atoms with Crippen LogP contribution in [0.1, 0.15) is 23.7 Å². The average molecular weight is 440 g/mol. The molecule has 8 nitrogen and oxygen atoms in total. The fraction of sp³-hybridized carbons (Fsp3) is 0.417. The number of ether oxygens (including phenoxy) is 3. The van der Waals surface area contributed by atoms with E-state index in [1.165, 1.54) is 0 Å². The number of benzene rings is 2. The van der Waals surface area contributed by atoms with Crippen LogP contribution in [0.2, 0.25) is 0 Å². The highest BCUT2D eigenvalue weighted by molar-refractivity contribution is 5.95. The Hall–Kier alpha value is -3.26. The Balaban J connectivity index is 1.26. The van der Waals surface area contributed by atoms with Gasteiger partial charge in [-0.25, -0.2) is 4.79 Å². The van der Waals surface area contributed by atoms with Crippen LogP contribution >= 0.6 is 0 Å². The number of likely N-dealkylation sites (N-methyl/N-ethyl adjacent to an activating group) is 1. The number of carbonyl (C=O) groups is 2. The molecule has 0 bridgehead atoms. The minimum absolute atomic E-state index is 0.314. The normalized spacial score (nSPS) is 16.2. The number of nitrogens with one attached hydrogen (secondary N) is 1. The Bertz CT molecular complexity index is 939. The Labute approximate surface area is 188 Å². The molecule has 1 saturated heterocycles. The van der Waals surface area contributed by atoms with Crippen molar-refractivity contribution in [1.29, 1.82) is 0 Å². The molecule has 1 fully saturated rings. The molecule has 0 unspecified atom stereocenters. The quantitative estimate of drug-likeness (QED) is 0.694. The lowest BCUT2D eigenvalue weighted by Gasteiger charge is -2.35. The number of hydrogen-bond donors (Lipinski definition) is 1. The summed E-state index contributed by atoms with van der Waals surface area (Å²) < 4.78 is 16.3. The number of hydrogen-bond acceptors (Lipinski definition) is 7. The van der Waals surface area contributed by atoms with Crippen LogP contribution in [-0.4, -0.2) is 69.3 Å². The first-order valence-corrected chi connectivity index (χ1v) is 11.1. The Morgan fingerprint density at radius 2 is 1.69 bits per heavy atom. The fourth-order valence-electron chi connectivity index (χ4n) is 3.78. The molecule has 0 radical (unpaired) electrons. The third-order valence-electron chi connectivity index (χ3n) is 5.65. The lowest BCUT2D eigenvalue weighted by atomic mass is 10.2. The molecule has 0 saturated carbocycles. The second kappa shape index (κ2) is 10.4. The number of carbonyl (C=O) groups excluding carboxylic acids is 2. The molecule has 2 aliphatic heterocycles. The summed E-state index contributed by atoms with van der Waals surface area (Å²) in [6.07, 6.45) is 0.783. The van der Waals surface area contributed by atoms with Gasteiger partial charge in [-0.3, -0.25) is 4.79 Å². The zero-order valence-electron chi connectivity index (χ0n) is 18.3. The maximum absolute atomic E-state index is 12.3. The molecule has 0 aliphatic carbocycles. The predicted octanol–water partition coefficient (Wildman–Crippen LogP) is 2.79. The summed E-state index contributed by atoms with van der Waals surface area (Å²) >= 11 is 0. The topological polar surface area (TPSA) is 80.3 Å². The smallest absolute Gasteiger partial charge is 0.338 e. The molecule has 4 rings (SSSR count). The van der Waals surface area contributed by atoms with E-state index >= 15 is 0 Å². The lowest BCUT2D eigenvalue weighted by Crippen LogP contribution is -2.46. The van der Waals surface area contributed by atoms with Crippen molar-refractivity contribution in [3.63, 3.8) is 0 Å². The maximum atomic E-state index is 12.3. The van der Waals surface area contributed by atoms with Gasteiger partial charge in [0.15, 0.2) is 18.1 Å². The number of piperazine rings is 1. The predicted molar refractivity (Wildman–Crippen MR) is 122 cm³/mol.